The molecule has 1 N–H and O–H groups in total. The molecule has 152 valence electrons. The van der Waals surface area contributed by atoms with Gasteiger partial charge in [0.1, 0.15) is 11.4 Å². The fourth-order valence-electron chi connectivity index (χ4n) is 3.29. The number of ether oxygens (including phenoxy) is 1. The minimum absolute atomic E-state index is 0.130. The SMILES string of the molecule is COc1ccc(C2=C(N(C)CCO)C(=O)N(c3ccc(N(C)C)cc3)C2=O)cc1. The van der Waals surface area contributed by atoms with Crippen molar-refractivity contribution in [3.05, 3.63) is 59.8 Å². The van der Waals surface area contributed by atoms with Gasteiger partial charge in [-0.25, -0.2) is 4.90 Å². The number of carbonyl (C=O) groups excluding carboxylic acids is 2. The van der Waals surface area contributed by atoms with E-state index < -0.39 is 11.8 Å². The van der Waals surface area contributed by atoms with E-state index >= 15 is 0 Å². The van der Waals surface area contributed by atoms with Gasteiger partial charge in [-0.3, -0.25) is 9.59 Å². The van der Waals surface area contributed by atoms with Gasteiger partial charge in [0, 0.05) is 33.4 Å². The van der Waals surface area contributed by atoms with E-state index in [-0.39, 0.29) is 18.8 Å². The summed E-state index contributed by atoms with van der Waals surface area (Å²) >= 11 is 0. The Kier molecular flexibility index (Phi) is 5.89. The van der Waals surface area contributed by atoms with Crippen molar-refractivity contribution < 1.29 is 19.4 Å². The first-order chi connectivity index (χ1) is 13.9. The molecular weight excluding hydrogens is 370 g/mol. The van der Waals surface area contributed by atoms with Gasteiger partial charge < -0.3 is 19.6 Å². The molecule has 7 nitrogen and oxygen atoms in total. The molecule has 0 saturated carbocycles. The molecule has 0 saturated heterocycles. The lowest BCUT2D eigenvalue weighted by Crippen LogP contribution is -2.34. The fourth-order valence-corrected chi connectivity index (χ4v) is 3.29. The normalized spacial score (nSPS) is 13.9. The van der Waals surface area contributed by atoms with E-state index in [0.29, 0.717) is 22.6 Å². The van der Waals surface area contributed by atoms with Gasteiger partial charge in [0.15, 0.2) is 0 Å². The molecule has 3 rings (SSSR count). The van der Waals surface area contributed by atoms with Gasteiger partial charge in [-0.1, -0.05) is 12.1 Å². The van der Waals surface area contributed by atoms with Crippen molar-refractivity contribution in [2.45, 2.75) is 0 Å². The van der Waals surface area contributed by atoms with Crippen LogP contribution in [0.15, 0.2) is 54.2 Å². The molecular formula is C22H25N3O4. The second-order valence-electron chi connectivity index (χ2n) is 6.95. The van der Waals surface area contributed by atoms with E-state index in [1.807, 2.05) is 31.1 Å². The molecule has 0 bridgehead atoms. The third-order valence-electron chi connectivity index (χ3n) is 4.88. The summed E-state index contributed by atoms with van der Waals surface area (Å²) in [4.78, 5) is 31.3. The molecule has 0 unspecified atom stereocenters. The minimum Gasteiger partial charge on any atom is -0.497 e. The number of anilines is 2. The highest BCUT2D eigenvalue weighted by molar-refractivity contribution is 6.45. The van der Waals surface area contributed by atoms with Crippen LogP contribution in [0.25, 0.3) is 5.57 Å². The predicted molar refractivity (Wildman–Crippen MR) is 113 cm³/mol. The van der Waals surface area contributed by atoms with Crippen LogP contribution in [-0.4, -0.2) is 63.2 Å². The number of carbonyl (C=O) groups is 2. The van der Waals surface area contributed by atoms with Gasteiger partial charge in [-0.05, 0) is 42.0 Å². The Labute approximate surface area is 170 Å². The summed E-state index contributed by atoms with van der Waals surface area (Å²) in [5, 5.41) is 9.34. The molecule has 2 amide bonds. The summed E-state index contributed by atoms with van der Waals surface area (Å²) in [5.41, 5.74) is 2.67. The molecule has 0 spiro atoms. The number of benzene rings is 2. The molecule has 1 heterocycles. The van der Waals surface area contributed by atoms with Crippen molar-refractivity contribution in [3.8, 4) is 5.75 Å². The average Bonchev–Trinajstić information content (AvgIpc) is 2.98. The van der Waals surface area contributed by atoms with Crippen LogP contribution in [0.5, 0.6) is 5.75 Å². The molecule has 2 aromatic rings. The Hall–Kier alpha value is -3.32. The molecule has 0 radical (unpaired) electrons. The van der Waals surface area contributed by atoms with Gasteiger partial charge >= 0.3 is 0 Å². The van der Waals surface area contributed by atoms with Crippen LogP contribution in [-0.2, 0) is 9.59 Å². The van der Waals surface area contributed by atoms with E-state index in [9.17, 15) is 14.7 Å². The van der Waals surface area contributed by atoms with Gasteiger partial charge in [-0.15, -0.1) is 0 Å². The third-order valence-corrected chi connectivity index (χ3v) is 4.88. The Morgan fingerprint density at radius 2 is 1.55 bits per heavy atom. The summed E-state index contributed by atoms with van der Waals surface area (Å²) < 4.78 is 5.19. The van der Waals surface area contributed by atoms with Gasteiger partial charge in [0.25, 0.3) is 11.8 Å². The van der Waals surface area contributed by atoms with Gasteiger partial charge in [-0.2, -0.15) is 0 Å². The molecule has 0 atom stereocenters. The Morgan fingerprint density at radius 3 is 2.07 bits per heavy atom. The number of amides is 2. The maximum absolute atomic E-state index is 13.3. The quantitative estimate of drug-likeness (QED) is 0.723. The summed E-state index contributed by atoms with van der Waals surface area (Å²) in [5.74, 6) is -0.139. The largest absolute Gasteiger partial charge is 0.497 e. The zero-order valence-corrected chi connectivity index (χ0v) is 17.0. The van der Waals surface area contributed by atoms with Crippen molar-refractivity contribution in [1.82, 2.24) is 4.90 Å². The van der Waals surface area contributed by atoms with E-state index in [1.54, 1.807) is 55.5 Å². The first-order valence-corrected chi connectivity index (χ1v) is 9.26. The van der Waals surface area contributed by atoms with E-state index in [2.05, 4.69) is 0 Å². The number of rotatable bonds is 7. The van der Waals surface area contributed by atoms with Crippen molar-refractivity contribution in [1.29, 1.82) is 0 Å². The van der Waals surface area contributed by atoms with Crippen LogP contribution in [0, 0.1) is 0 Å². The number of hydrogen-bond donors (Lipinski definition) is 1. The van der Waals surface area contributed by atoms with Crippen molar-refractivity contribution >= 4 is 28.8 Å². The number of nitrogens with zero attached hydrogens (tertiary/aromatic N) is 3. The second-order valence-corrected chi connectivity index (χ2v) is 6.95. The minimum atomic E-state index is -0.408. The van der Waals surface area contributed by atoms with Crippen LogP contribution in [0.1, 0.15) is 5.56 Å². The number of likely N-dealkylation sites (N-methyl/N-ethyl adjacent to an activating group) is 1. The average molecular weight is 395 g/mol. The Balaban J connectivity index is 2.06. The Bertz CT molecular complexity index is 934. The zero-order valence-electron chi connectivity index (χ0n) is 17.0. The maximum Gasteiger partial charge on any atom is 0.282 e. The predicted octanol–water partition coefficient (Wildman–Crippen LogP) is 1.97. The second kappa shape index (κ2) is 8.36. The number of aliphatic hydroxyl groups excluding tert-OH is 1. The summed E-state index contributed by atoms with van der Waals surface area (Å²) in [6.07, 6.45) is 0. The van der Waals surface area contributed by atoms with Crippen LogP contribution >= 0.6 is 0 Å². The molecule has 1 aliphatic heterocycles. The van der Waals surface area contributed by atoms with Crippen LogP contribution in [0.2, 0.25) is 0 Å². The summed E-state index contributed by atoms with van der Waals surface area (Å²) in [7, 11) is 7.11. The van der Waals surface area contributed by atoms with E-state index in [1.165, 1.54) is 4.90 Å². The highest BCUT2D eigenvalue weighted by Crippen LogP contribution is 2.35. The fraction of sp³-hybridized carbons (Fsp3) is 0.273. The molecule has 0 aliphatic carbocycles. The van der Waals surface area contributed by atoms with Crippen molar-refractivity contribution in [2.24, 2.45) is 0 Å². The zero-order chi connectivity index (χ0) is 21.1. The monoisotopic (exact) mass is 395 g/mol. The van der Waals surface area contributed by atoms with Crippen LogP contribution in [0.3, 0.4) is 0 Å². The van der Waals surface area contributed by atoms with Crippen LogP contribution < -0.4 is 14.5 Å². The standard InChI is InChI=1S/C22H25N3O4/c1-23(2)16-7-9-17(10-8-16)25-21(27)19(15-5-11-18(29-4)12-6-15)20(22(25)28)24(3)13-14-26/h5-12,26H,13-14H2,1-4H3. The first-order valence-electron chi connectivity index (χ1n) is 9.26. The van der Waals surface area contributed by atoms with E-state index in [0.717, 1.165) is 5.69 Å². The number of hydrogen-bond acceptors (Lipinski definition) is 6. The smallest absolute Gasteiger partial charge is 0.282 e. The third kappa shape index (κ3) is 3.82. The topological polar surface area (TPSA) is 73.3 Å². The summed E-state index contributed by atoms with van der Waals surface area (Å²) in [6, 6.07) is 14.2. The maximum atomic E-state index is 13.3. The van der Waals surface area contributed by atoms with Crippen molar-refractivity contribution in [2.75, 3.05) is 51.2 Å². The number of aliphatic hydroxyl groups is 1. The number of imide groups is 1. The molecule has 1 aliphatic rings. The molecule has 7 heteroatoms. The van der Waals surface area contributed by atoms with Gasteiger partial charge in [0.05, 0.1) is 25.0 Å². The molecule has 0 aromatic heterocycles. The first kappa shape index (κ1) is 20.4. The van der Waals surface area contributed by atoms with E-state index in [4.69, 9.17) is 4.74 Å². The molecule has 29 heavy (non-hydrogen) atoms. The van der Waals surface area contributed by atoms with Crippen LogP contribution in [0.4, 0.5) is 11.4 Å². The molecule has 2 aromatic carbocycles. The van der Waals surface area contributed by atoms with Crippen molar-refractivity contribution in [3.63, 3.8) is 0 Å². The highest BCUT2D eigenvalue weighted by Gasteiger charge is 2.41. The van der Waals surface area contributed by atoms with Gasteiger partial charge in [0.2, 0.25) is 0 Å². The highest BCUT2D eigenvalue weighted by atomic mass is 16.5. The Morgan fingerprint density at radius 1 is 0.931 bits per heavy atom. The molecule has 0 fully saturated rings. The lowest BCUT2D eigenvalue weighted by atomic mass is 10.0. The lowest BCUT2D eigenvalue weighted by Gasteiger charge is -2.21. The number of methoxy groups -OCH3 is 1. The lowest BCUT2D eigenvalue weighted by molar-refractivity contribution is -0.120. The summed E-state index contributed by atoms with van der Waals surface area (Å²) in [6.45, 7) is 0.107.